The largest absolute Gasteiger partial charge is 0.507 e. The van der Waals surface area contributed by atoms with Crippen LogP contribution in [0.15, 0.2) is 24.3 Å². The maximum Gasteiger partial charge on any atom is 0.166 e. The molecule has 2 aromatic rings. The summed E-state index contributed by atoms with van der Waals surface area (Å²) in [5.41, 5.74) is 1.62. The highest BCUT2D eigenvalue weighted by atomic mass is 16.3. The molecule has 0 unspecified atom stereocenters. The van der Waals surface area contributed by atoms with Crippen molar-refractivity contribution in [1.82, 2.24) is 4.57 Å². The second kappa shape index (κ2) is 2.86. The zero-order valence-corrected chi connectivity index (χ0v) is 8.18. The summed E-state index contributed by atoms with van der Waals surface area (Å²) < 4.78 is 2.03. The molecule has 0 spiro atoms. The van der Waals surface area contributed by atoms with Gasteiger partial charge in [0.05, 0.1) is 11.2 Å². The van der Waals surface area contributed by atoms with E-state index >= 15 is 0 Å². The van der Waals surface area contributed by atoms with Crippen molar-refractivity contribution >= 4 is 17.2 Å². The molecule has 1 heterocycles. The second-order valence-electron chi connectivity index (χ2n) is 4.00. The third-order valence-corrected chi connectivity index (χ3v) is 2.92. The molecule has 0 atom stereocenters. The van der Waals surface area contributed by atoms with Gasteiger partial charge in [-0.15, -0.1) is 0 Å². The fraction of sp³-hybridized carbons (Fsp3) is 0.250. The van der Waals surface area contributed by atoms with Crippen LogP contribution >= 0.6 is 0 Å². The number of aromatic hydroxyl groups is 1. The Morgan fingerprint density at radius 3 is 2.87 bits per heavy atom. The number of phenolic OH excluding ortho intramolecular Hbond substituents is 1. The number of hydrogen-bond acceptors (Lipinski definition) is 2. The maximum absolute atomic E-state index is 10.9. The van der Waals surface area contributed by atoms with Gasteiger partial charge in [-0.2, -0.15) is 0 Å². The first kappa shape index (κ1) is 8.53. The Bertz CT molecular complexity index is 538. The molecule has 15 heavy (non-hydrogen) atoms. The monoisotopic (exact) mass is 201 g/mol. The SMILES string of the molecule is O=Cc1cc2c(O)cccc2n1C1CC1. The van der Waals surface area contributed by atoms with Crippen LogP contribution in [-0.2, 0) is 0 Å². The van der Waals surface area contributed by atoms with Crippen LogP contribution in [0, 0.1) is 0 Å². The number of benzene rings is 1. The van der Waals surface area contributed by atoms with Crippen molar-refractivity contribution in [3.05, 3.63) is 30.0 Å². The normalized spacial score (nSPS) is 15.7. The van der Waals surface area contributed by atoms with Crippen molar-refractivity contribution in [2.45, 2.75) is 18.9 Å². The van der Waals surface area contributed by atoms with Gasteiger partial charge in [0.1, 0.15) is 5.75 Å². The highest BCUT2D eigenvalue weighted by Crippen LogP contribution is 2.40. The van der Waals surface area contributed by atoms with Gasteiger partial charge in [-0.25, -0.2) is 0 Å². The molecule has 0 saturated heterocycles. The summed E-state index contributed by atoms with van der Waals surface area (Å²) in [6.45, 7) is 0. The van der Waals surface area contributed by atoms with Gasteiger partial charge < -0.3 is 9.67 Å². The van der Waals surface area contributed by atoms with Crippen LogP contribution in [0.1, 0.15) is 29.4 Å². The fourth-order valence-corrected chi connectivity index (χ4v) is 2.09. The molecular weight excluding hydrogens is 190 g/mol. The molecule has 3 rings (SSSR count). The molecule has 0 bridgehead atoms. The summed E-state index contributed by atoms with van der Waals surface area (Å²) >= 11 is 0. The molecule has 3 heteroatoms. The minimum atomic E-state index is 0.245. The van der Waals surface area contributed by atoms with E-state index in [1.807, 2.05) is 16.7 Å². The first-order valence-electron chi connectivity index (χ1n) is 5.09. The highest BCUT2D eigenvalue weighted by molar-refractivity contribution is 5.92. The molecule has 0 radical (unpaired) electrons. The van der Waals surface area contributed by atoms with E-state index in [2.05, 4.69) is 0 Å². The van der Waals surface area contributed by atoms with Crippen molar-refractivity contribution in [2.75, 3.05) is 0 Å². The number of nitrogens with zero attached hydrogens (tertiary/aromatic N) is 1. The van der Waals surface area contributed by atoms with Crippen molar-refractivity contribution in [3.8, 4) is 5.75 Å². The lowest BCUT2D eigenvalue weighted by atomic mass is 10.2. The van der Waals surface area contributed by atoms with E-state index in [-0.39, 0.29) is 5.75 Å². The van der Waals surface area contributed by atoms with Gasteiger partial charge >= 0.3 is 0 Å². The Balaban J connectivity index is 2.38. The summed E-state index contributed by atoms with van der Waals surface area (Å²) in [6.07, 6.45) is 3.11. The number of aromatic nitrogens is 1. The maximum atomic E-state index is 10.9. The van der Waals surface area contributed by atoms with Crippen LogP contribution in [0.25, 0.3) is 10.9 Å². The minimum Gasteiger partial charge on any atom is -0.507 e. The van der Waals surface area contributed by atoms with E-state index in [1.165, 1.54) is 0 Å². The first-order chi connectivity index (χ1) is 7.31. The quantitative estimate of drug-likeness (QED) is 0.758. The van der Waals surface area contributed by atoms with E-state index in [0.29, 0.717) is 11.7 Å². The van der Waals surface area contributed by atoms with E-state index in [4.69, 9.17) is 0 Å². The summed E-state index contributed by atoms with van der Waals surface area (Å²) in [5, 5.41) is 10.4. The van der Waals surface area contributed by atoms with Crippen LogP contribution in [0.4, 0.5) is 0 Å². The smallest absolute Gasteiger partial charge is 0.166 e. The van der Waals surface area contributed by atoms with Crippen molar-refractivity contribution < 1.29 is 9.90 Å². The standard InChI is InChI=1S/C12H11NO2/c14-7-9-6-10-11(2-1-3-12(10)15)13(9)8-4-5-8/h1-3,6-8,15H,4-5H2. The van der Waals surface area contributed by atoms with E-state index < -0.39 is 0 Å². The first-order valence-corrected chi connectivity index (χ1v) is 5.09. The van der Waals surface area contributed by atoms with Crippen LogP contribution in [-0.4, -0.2) is 16.0 Å². The van der Waals surface area contributed by atoms with Crippen LogP contribution in [0.2, 0.25) is 0 Å². The summed E-state index contributed by atoms with van der Waals surface area (Å²) in [6, 6.07) is 7.61. The summed E-state index contributed by atoms with van der Waals surface area (Å²) in [7, 11) is 0. The minimum absolute atomic E-state index is 0.245. The van der Waals surface area contributed by atoms with Gasteiger partial charge in [0.25, 0.3) is 0 Å². The van der Waals surface area contributed by atoms with Crippen molar-refractivity contribution in [2.24, 2.45) is 0 Å². The Morgan fingerprint density at radius 2 is 2.20 bits per heavy atom. The van der Waals surface area contributed by atoms with E-state index in [1.54, 1.807) is 12.1 Å². The van der Waals surface area contributed by atoms with Crippen LogP contribution < -0.4 is 0 Å². The number of fused-ring (bicyclic) bond motifs is 1. The lowest BCUT2D eigenvalue weighted by molar-refractivity contribution is 0.111. The lowest BCUT2D eigenvalue weighted by Crippen LogP contribution is -1.98. The number of rotatable bonds is 2. The number of carbonyl (C=O) groups excluding carboxylic acids is 1. The van der Waals surface area contributed by atoms with Gasteiger partial charge in [-0.3, -0.25) is 4.79 Å². The predicted octanol–water partition coefficient (Wildman–Crippen LogP) is 2.49. The van der Waals surface area contributed by atoms with Gasteiger partial charge in [-0.05, 0) is 31.0 Å². The van der Waals surface area contributed by atoms with E-state index in [9.17, 15) is 9.90 Å². The van der Waals surface area contributed by atoms with Gasteiger partial charge in [-0.1, -0.05) is 6.07 Å². The van der Waals surface area contributed by atoms with Gasteiger partial charge in [0, 0.05) is 11.4 Å². The molecule has 76 valence electrons. The van der Waals surface area contributed by atoms with Gasteiger partial charge in [0.15, 0.2) is 6.29 Å². The van der Waals surface area contributed by atoms with E-state index in [0.717, 1.165) is 30.0 Å². The zero-order chi connectivity index (χ0) is 10.4. The molecular formula is C12H11NO2. The Labute approximate surface area is 86.9 Å². The second-order valence-corrected chi connectivity index (χ2v) is 4.00. The summed E-state index contributed by atoms with van der Waals surface area (Å²) in [4.78, 5) is 10.9. The molecule has 0 amide bonds. The predicted molar refractivity (Wildman–Crippen MR) is 57.3 cm³/mol. The van der Waals surface area contributed by atoms with Crippen molar-refractivity contribution in [1.29, 1.82) is 0 Å². The molecule has 1 aliphatic rings. The number of carbonyl (C=O) groups is 1. The van der Waals surface area contributed by atoms with Crippen LogP contribution in [0.5, 0.6) is 5.75 Å². The van der Waals surface area contributed by atoms with Crippen molar-refractivity contribution in [3.63, 3.8) is 0 Å². The molecule has 1 saturated carbocycles. The third kappa shape index (κ3) is 1.16. The fourth-order valence-electron chi connectivity index (χ4n) is 2.09. The molecule has 1 aromatic carbocycles. The topological polar surface area (TPSA) is 42.2 Å². The number of aldehydes is 1. The molecule has 1 aromatic heterocycles. The molecule has 1 fully saturated rings. The van der Waals surface area contributed by atoms with Gasteiger partial charge in [0.2, 0.25) is 0 Å². The molecule has 0 aliphatic heterocycles. The zero-order valence-electron chi connectivity index (χ0n) is 8.18. The number of hydrogen-bond donors (Lipinski definition) is 1. The number of phenols is 1. The summed E-state index contributed by atoms with van der Waals surface area (Å²) in [5.74, 6) is 0.245. The highest BCUT2D eigenvalue weighted by Gasteiger charge is 2.27. The average molecular weight is 201 g/mol. The average Bonchev–Trinajstić information content (AvgIpc) is 3.00. The molecule has 1 aliphatic carbocycles. The Kier molecular flexibility index (Phi) is 1.63. The van der Waals surface area contributed by atoms with Crippen LogP contribution in [0.3, 0.4) is 0 Å². The Morgan fingerprint density at radius 1 is 1.40 bits per heavy atom. The molecule has 1 N–H and O–H groups in total. The third-order valence-electron chi connectivity index (χ3n) is 2.92. The Hall–Kier alpha value is -1.77. The lowest BCUT2D eigenvalue weighted by Gasteiger charge is -2.04. The molecule has 3 nitrogen and oxygen atoms in total.